The zero-order valence-electron chi connectivity index (χ0n) is 8.84. The van der Waals surface area contributed by atoms with Crippen LogP contribution in [0, 0.1) is 12.3 Å². The van der Waals surface area contributed by atoms with Crippen LogP contribution in [0.2, 0.25) is 0 Å². The molecule has 16 heavy (non-hydrogen) atoms. The van der Waals surface area contributed by atoms with Crippen molar-refractivity contribution in [3.8, 4) is 12.3 Å². The van der Waals surface area contributed by atoms with Gasteiger partial charge in [0.2, 0.25) is 10.0 Å². The van der Waals surface area contributed by atoms with Gasteiger partial charge >= 0.3 is 0 Å². The van der Waals surface area contributed by atoms with Gasteiger partial charge in [-0.25, -0.2) is 13.1 Å². The summed E-state index contributed by atoms with van der Waals surface area (Å²) < 4.78 is 25.6. The van der Waals surface area contributed by atoms with Crippen molar-refractivity contribution in [1.29, 1.82) is 0 Å². The monoisotopic (exact) mass is 239 g/mol. The Balaban J connectivity index is 2.87. The standard InChI is InChI=1S/C11H13NO3S/c1-3-10-4-6-11(7-5-10)16(14,15)12-8-9(2)13/h1,4-7,9,12-13H,8H2,2H3/t9-/m1/s1. The van der Waals surface area contributed by atoms with Crippen molar-refractivity contribution >= 4 is 10.0 Å². The summed E-state index contributed by atoms with van der Waals surface area (Å²) in [7, 11) is -3.56. The molecule has 2 N–H and O–H groups in total. The maximum Gasteiger partial charge on any atom is 0.240 e. The highest BCUT2D eigenvalue weighted by atomic mass is 32.2. The molecule has 1 aromatic rings. The maximum atomic E-state index is 11.7. The van der Waals surface area contributed by atoms with Crippen LogP contribution in [0.15, 0.2) is 29.2 Å². The van der Waals surface area contributed by atoms with Gasteiger partial charge in [0.05, 0.1) is 11.0 Å². The van der Waals surface area contributed by atoms with Gasteiger partial charge in [0.25, 0.3) is 0 Å². The third kappa shape index (κ3) is 3.35. The van der Waals surface area contributed by atoms with Gasteiger partial charge in [0.15, 0.2) is 0 Å². The molecule has 0 bridgehead atoms. The average Bonchev–Trinajstić information content (AvgIpc) is 2.27. The second kappa shape index (κ2) is 5.12. The van der Waals surface area contributed by atoms with E-state index >= 15 is 0 Å². The number of aliphatic hydroxyl groups is 1. The summed E-state index contributed by atoms with van der Waals surface area (Å²) in [5, 5.41) is 8.99. The van der Waals surface area contributed by atoms with Crippen LogP contribution in [-0.4, -0.2) is 26.2 Å². The van der Waals surface area contributed by atoms with E-state index in [0.717, 1.165) is 0 Å². The van der Waals surface area contributed by atoms with Crippen LogP contribution < -0.4 is 4.72 Å². The summed E-state index contributed by atoms with van der Waals surface area (Å²) in [4.78, 5) is 0.132. The van der Waals surface area contributed by atoms with E-state index in [0.29, 0.717) is 5.56 Å². The summed E-state index contributed by atoms with van der Waals surface area (Å²) in [6, 6.07) is 5.97. The third-order valence-electron chi connectivity index (χ3n) is 1.90. The molecule has 1 atom stereocenters. The number of aliphatic hydroxyl groups excluding tert-OH is 1. The van der Waals surface area contributed by atoms with E-state index in [9.17, 15) is 8.42 Å². The molecule has 0 aliphatic carbocycles. The SMILES string of the molecule is C#Cc1ccc(S(=O)(=O)NC[C@@H](C)O)cc1. The molecule has 1 aromatic carbocycles. The largest absolute Gasteiger partial charge is 0.392 e. The first-order valence-corrected chi connectivity index (χ1v) is 6.18. The summed E-state index contributed by atoms with van der Waals surface area (Å²) in [6.45, 7) is 1.49. The first-order chi connectivity index (χ1) is 7.45. The summed E-state index contributed by atoms with van der Waals surface area (Å²) in [6.07, 6.45) is 4.44. The lowest BCUT2D eigenvalue weighted by Crippen LogP contribution is -2.30. The molecule has 5 heteroatoms. The zero-order chi connectivity index (χ0) is 12.2. The van der Waals surface area contributed by atoms with Gasteiger partial charge in [0, 0.05) is 12.1 Å². The van der Waals surface area contributed by atoms with E-state index in [4.69, 9.17) is 11.5 Å². The Hall–Kier alpha value is -1.35. The minimum atomic E-state index is -3.56. The number of hydrogen-bond donors (Lipinski definition) is 2. The van der Waals surface area contributed by atoms with Crippen molar-refractivity contribution in [3.63, 3.8) is 0 Å². The lowest BCUT2D eigenvalue weighted by Gasteiger charge is -2.08. The maximum absolute atomic E-state index is 11.7. The molecule has 86 valence electrons. The van der Waals surface area contributed by atoms with Gasteiger partial charge in [-0.2, -0.15) is 0 Å². The van der Waals surface area contributed by atoms with E-state index in [1.165, 1.54) is 19.1 Å². The Kier molecular flexibility index (Phi) is 4.07. The van der Waals surface area contributed by atoms with Gasteiger partial charge < -0.3 is 5.11 Å². The Bertz CT molecular complexity index is 483. The summed E-state index contributed by atoms with van der Waals surface area (Å²) in [5.74, 6) is 2.40. The minimum Gasteiger partial charge on any atom is -0.392 e. The smallest absolute Gasteiger partial charge is 0.240 e. The van der Waals surface area contributed by atoms with Crippen LogP contribution in [0.5, 0.6) is 0 Å². The Labute approximate surface area is 95.4 Å². The van der Waals surface area contributed by atoms with E-state index in [1.807, 2.05) is 0 Å². The van der Waals surface area contributed by atoms with Gasteiger partial charge in [-0.3, -0.25) is 0 Å². The first-order valence-electron chi connectivity index (χ1n) is 4.70. The molecule has 0 aromatic heterocycles. The van der Waals surface area contributed by atoms with Crippen LogP contribution in [0.4, 0.5) is 0 Å². The molecule has 0 aliphatic heterocycles. The molecular formula is C11H13NO3S. The lowest BCUT2D eigenvalue weighted by atomic mass is 10.2. The van der Waals surface area contributed by atoms with Crippen LogP contribution in [0.25, 0.3) is 0 Å². The molecule has 0 unspecified atom stereocenters. The zero-order valence-corrected chi connectivity index (χ0v) is 9.66. The van der Waals surface area contributed by atoms with E-state index in [-0.39, 0.29) is 11.4 Å². The normalized spacial score (nSPS) is 13.1. The summed E-state index contributed by atoms with van der Waals surface area (Å²) >= 11 is 0. The van der Waals surface area contributed by atoms with Crippen molar-refractivity contribution in [1.82, 2.24) is 4.72 Å². The predicted octanol–water partition coefficient (Wildman–Crippen LogP) is 0.327. The van der Waals surface area contributed by atoms with E-state index in [2.05, 4.69) is 10.6 Å². The number of hydrogen-bond acceptors (Lipinski definition) is 3. The predicted molar refractivity (Wildman–Crippen MR) is 61.2 cm³/mol. The number of sulfonamides is 1. The fraction of sp³-hybridized carbons (Fsp3) is 0.273. The van der Waals surface area contributed by atoms with Crippen molar-refractivity contribution in [2.45, 2.75) is 17.9 Å². The van der Waals surface area contributed by atoms with Gasteiger partial charge in [0.1, 0.15) is 0 Å². The molecule has 4 nitrogen and oxygen atoms in total. The molecule has 0 spiro atoms. The fourth-order valence-corrected chi connectivity index (χ4v) is 2.17. The highest BCUT2D eigenvalue weighted by Crippen LogP contribution is 2.09. The van der Waals surface area contributed by atoms with Crippen molar-refractivity contribution in [2.24, 2.45) is 0 Å². The van der Waals surface area contributed by atoms with Crippen molar-refractivity contribution in [2.75, 3.05) is 6.54 Å². The number of nitrogens with one attached hydrogen (secondary N) is 1. The molecule has 0 saturated heterocycles. The van der Waals surface area contributed by atoms with Gasteiger partial charge in [-0.05, 0) is 31.2 Å². The number of rotatable bonds is 4. The molecule has 0 saturated carbocycles. The molecule has 0 aliphatic rings. The van der Waals surface area contributed by atoms with E-state index in [1.54, 1.807) is 12.1 Å². The Morgan fingerprint density at radius 2 is 2.00 bits per heavy atom. The average molecular weight is 239 g/mol. The molecule has 1 rings (SSSR count). The topological polar surface area (TPSA) is 66.4 Å². The molecule has 0 heterocycles. The van der Waals surface area contributed by atoms with Crippen LogP contribution in [0.1, 0.15) is 12.5 Å². The van der Waals surface area contributed by atoms with Crippen molar-refractivity contribution in [3.05, 3.63) is 29.8 Å². The van der Waals surface area contributed by atoms with Gasteiger partial charge in [-0.15, -0.1) is 6.42 Å². The highest BCUT2D eigenvalue weighted by Gasteiger charge is 2.13. The molecule has 0 radical (unpaired) electrons. The molecule has 0 amide bonds. The first kappa shape index (κ1) is 12.7. The molecule has 0 fully saturated rings. The summed E-state index contributed by atoms with van der Waals surface area (Å²) in [5.41, 5.74) is 0.620. The minimum absolute atomic E-state index is 0.0147. The highest BCUT2D eigenvalue weighted by molar-refractivity contribution is 7.89. The van der Waals surface area contributed by atoms with Crippen LogP contribution in [0.3, 0.4) is 0 Å². The fourth-order valence-electron chi connectivity index (χ4n) is 1.04. The number of terminal acetylenes is 1. The van der Waals surface area contributed by atoms with Crippen LogP contribution in [-0.2, 0) is 10.0 Å². The van der Waals surface area contributed by atoms with E-state index < -0.39 is 16.1 Å². The molecular weight excluding hydrogens is 226 g/mol. The van der Waals surface area contributed by atoms with Crippen LogP contribution >= 0.6 is 0 Å². The lowest BCUT2D eigenvalue weighted by molar-refractivity contribution is 0.198. The van der Waals surface area contributed by atoms with Gasteiger partial charge in [-0.1, -0.05) is 5.92 Å². The van der Waals surface area contributed by atoms with Crippen molar-refractivity contribution < 1.29 is 13.5 Å². The Morgan fingerprint density at radius 1 is 1.44 bits per heavy atom. The Morgan fingerprint density at radius 3 is 2.44 bits per heavy atom. The second-order valence-corrected chi connectivity index (χ2v) is 5.14. The quantitative estimate of drug-likeness (QED) is 0.744. The third-order valence-corrected chi connectivity index (χ3v) is 3.34. The second-order valence-electron chi connectivity index (χ2n) is 3.37. The number of benzene rings is 1.